The molecule has 0 saturated carbocycles. The zero-order valence-electron chi connectivity index (χ0n) is 10.8. The summed E-state index contributed by atoms with van der Waals surface area (Å²) < 4.78 is 7.42. The summed E-state index contributed by atoms with van der Waals surface area (Å²) in [5, 5.41) is 2.78. The molecule has 3 nitrogen and oxygen atoms in total. The van der Waals surface area contributed by atoms with Gasteiger partial charge in [0.2, 0.25) is 0 Å². The number of benzene rings is 2. The Hall–Kier alpha value is -1.33. The molecule has 0 atom stereocenters. The third-order valence-corrected chi connectivity index (χ3v) is 3.59. The predicted octanol–water partition coefficient (Wildman–Crippen LogP) is 4.54. The molecule has 0 aliphatic heterocycles. The molecule has 2 aromatic rings. The number of carbonyl (C=O) groups excluding carboxylic acids is 1. The molecule has 104 valence electrons. The van der Waals surface area contributed by atoms with Gasteiger partial charge in [-0.3, -0.25) is 4.79 Å². The van der Waals surface area contributed by atoms with Crippen LogP contribution in [0.1, 0.15) is 5.56 Å². The summed E-state index contributed by atoms with van der Waals surface area (Å²) in [6, 6.07) is 13.1. The number of hydrogen-bond acceptors (Lipinski definition) is 2. The average molecular weight is 399 g/mol. The number of nitrogens with one attached hydrogen (secondary N) is 1. The standard InChI is InChI=1S/C15H13Br2NO2/c1-10-7-12(17)5-6-14(10)20-9-15(19)18-13-4-2-3-11(16)8-13/h2-8H,9H2,1H3,(H,18,19). The van der Waals surface area contributed by atoms with Gasteiger partial charge in [-0.15, -0.1) is 0 Å². The van der Waals surface area contributed by atoms with Gasteiger partial charge in [0.05, 0.1) is 0 Å². The lowest BCUT2D eigenvalue weighted by Gasteiger charge is -2.10. The van der Waals surface area contributed by atoms with E-state index >= 15 is 0 Å². The van der Waals surface area contributed by atoms with Gasteiger partial charge < -0.3 is 10.1 Å². The summed E-state index contributed by atoms with van der Waals surface area (Å²) in [6.45, 7) is 1.92. The molecule has 0 heterocycles. The molecule has 0 saturated heterocycles. The first kappa shape index (κ1) is 15.1. The molecule has 20 heavy (non-hydrogen) atoms. The quantitative estimate of drug-likeness (QED) is 0.821. The Morgan fingerprint density at radius 1 is 1.15 bits per heavy atom. The van der Waals surface area contributed by atoms with Gasteiger partial charge in [-0.2, -0.15) is 0 Å². The molecule has 0 bridgehead atoms. The van der Waals surface area contributed by atoms with Crippen LogP contribution in [0.4, 0.5) is 5.69 Å². The maximum absolute atomic E-state index is 11.8. The third kappa shape index (κ3) is 4.35. The van der Waals surface area contributed by atoms with Crippen LogP contribution in [0.3, 0.4) is 0 Å². The maximum Gasteiger partial charge on any atom is 0.262 e. The van der Waals surface area contributed by atoms with E-state index in [0.29, 0.717) is 5.75 Å². The largest absolute Gasteiger partial charge is 0.483 e. The summed E-state index contributed by atoms with van der Waals surface area (Å²) in [6.07, 6.45) is 0. The van der Waals surface area contributed by atoms with Crippen LogP contribution in [-0.2, 0) is 4.79 Å². The van der Waals surface area contributed by atoms with E-state index in [2.05, 4.69) is 37.2 Å². The van der Waals surface area contributed by atoms with Crippen LogP contribution in [0, 0.1) is 6.92 Å². The van der Waals surface area contributed by atoms with Gasteiger partial charge in [0.15, 0.2) is 6.61 Å². The molecular weight excluding hydrogens is 386 g/mol. The predicted molar refractivity (Wildman–Crippen MR) is 87.1 cm³/mol. The number of anilines is 1. The molecular formula is C15H13Br2NO2. The topological polar surface area (TPSA) is 38.3 Å². The van der Waals surface area contributed by atoms with Crippen LogP contribution in [0.25, 0.3) is 0 Å². The van der Waals surface area contributed by atoms with Crippen molar-refractivity contribution in [3.63, 3.8) is 0 Å². The summed E-state index contributed by atoms with van der Waals surface area (Å²) in [5.74, 6) is 0.517. The van der Waals surface area contributed by atoms with E-state index in [4.69, 9.17) is 4.74 Å². The second-order valence-corrected chi connectivity index (χ2v) is 6.09. The summed E-state index contributed by atoms with van der Waals surface area (Å²) >= 11 is 6.75. The lowest BCUT2D eigenvalue weighted by molar-refractivity contribution is -0.118. The summed E-state index contributed by atoms with van der Waals surface area (Å²) in [4.78, 5) is 11.8. The molecule has 2 rings (SSSR count). The first-order valence-corrected chi connectivity index (χ1v) is 7.57. The highest BCUT2D eigenvalue weighted by atomic mass is 79.9. The van der Waals surface area contributed by atoms with Crippen molar-refractivity contribution < 1.29 is 9.53 Å². The second kappa shape index (κ2) is 6.90. The maximum atomic E-state index is 11.8. The van der Waals surface area contributed by atoms with Gasteiger partial charge in [0, 0.05) is 14.6 Å². The summed E-state index contributed by atoms with van der Waals surface area (Å²) in [7, 11) is 0. The highest BCUT2D eigenvalue weighted by Gasteiger charge is 2.06. The van der Waals surface area contributed by atoms with Crippen molar-refractivity contribution in [1.82, 2.24) is 0 Å². The van der Waals surface area contributed by atoms with Gasteiger partial charge in [-0.05, 0) is 48.9 Å². The number of amides is 1. The minimum Gasteiger partial charge on any atom is -0.483 e. The van der Waals surface area contributed by atoms with E-state index in [-0.39, 0.29) is 12.5 Å². The lowest BCUT2D eigenvalue weighted by Crippen LogP contribution is -2.20. The van der Waals surface area contributed by atoms with Crippen molar-refractivity contribution >= 4 is 43.5 Å². The van der Waals surface area contributed by atoms with E-state index in [1.807, 2.05) is 49.4 Å². The SMILES string of the molecule is Cc1cc(Br)ccc1OCC(=O)Nc1cccc(Br)c1. The first-order chi connectivity index (χ1) is 9.54. The number of halogens is 2. The fourth-order valence-electron chi connectivity index (χ4n) is 1.68. The first-order valence-electron chi connectivity index (χ1n) is 5.99. The Labute approximate surface area is 134 Å². The highest BCUT2D eigenvalue weighted by Crippen LogP contribution is 2.22. The molecule has 0 unspecified atom stereocenters. The van der Waals surface area contributed by atoms with Crippen LogP contribution >= 0.6 is 31.9 Å². The molecule has 1 amide bonds. The van der Waals surface area contributed by atoms with Gasteiger partial charge in [0.25, 0.3) is 5.91 Å². The van der Waals surface area contributed by atoms with Gasteiger partial charge >= 0.3 is 0 Å². The van der Waals surface area contributed by atoms with Crippen LogP contribution in [0.2, 0.25) is 0 Å². The zero-order valence-corrected chi connectivity index (χ0v) is 14.0. The van der Waals surface area contributed by atoms with Crippen LogP contribution < -0.4 is 10.1 Å². The fourth-order valence-corrected chi connectivity index (χ4v) is 2.56. The number of hydrogen-bond donors (Lipinski definition) is 1. The monoisotopic (exact) mass is 397 g/mol. The Morgan fingerprint density at radius 2 is 1.90 bits per heavy atom. The Morgan fingerprint density at radius 3 is 2.60 bits per heavy atom. The van der Waals surface area contributed by atoms with E-state index in [1.165, 1.54) is 0 Å². The molecule has 0 aliphatic carbocycles. The van der Waals surface area contributed by atoms with Crippen LogP contribution in [-0.4, -0.2) is 12.5 Å². The highest BCUT2D eigenvalue weighted by molar-refractivity contribution is 9.10. The van der Waals surface area contributed by atoms with Crippen molar-refractivity contribution in [2.45, 2.75) is 6.92 Å². The lowest BCUT2D eigenvalue weighted by atomic mass is 10.2. The minimum absolute atomic E-state index is 0.0189. The minimum atomic E-state index is -0.189. The van der Waals surface area contributed by atoms with Crippen LogP contribution in [0.5, 0.6) is 5.75 Å². The number of ether oxygens (including phenoxy) is 1. The molecule has 0 spiro atoms. The smallest absolute Gasteiger partial charge is 0.262 e. The number of carbonyl (C=O) groups is 1. The molecule has 0 aromatic heterocycles. The van der Waals surface area contributed by atoms with Gasteiger partial charge in [-0.25, -0.2) is 0 Å². The van der Waals surface area contributed by atoms with Crippen molar-refractivity contribution in [2.24, 2.45) is 0 Å². The zero-order chi connectivity index (χ0) is 14.5. The molecule has 5 heteroatoms. The van der Waals surface area contributed by atoms with Crippen molar-refractivity contribution in [3.05, 3.63) is 57.0 Å². The molecule has 0 radical (unpaired) electrons. The average Bonchev–Trinajstić information content (AvgIpc) is 2.37. The van der Waals surface area contributed by atoms with E-state index in [0.717, 1.165) is 20.2 Å². The van der Waals surface area contributed by atoms with Crippen LogP contribution in [0.15, 0.2) is 51.4 Å². The molecule has 0 fully saturated rings. The Balaban J connectivity index is 1.92. The Bertz CT molecular complexity index is 629. The fraction of sp³-hybridized carbons (Fsp3) is 0.133. The van der Waals surface area contributed by atoms with Gasteiger partial charge in [0.1, 0.15) is 5.75 Å². The van der Waals surface area contributed by atoms with Crippen molar-refractivity contribution in [1.29, 1.82) is 0 Å². The molecule has 1 N–H and O–H groups in total. The summed E-state index contributed by atoms with van der Waals surface area (Å²) in [5.41, 5.74) is 1.72. The van der Waals surface area contributed by atoms with E-state index in [9.17, 15) is 4.79 Å². The van der Waals surface area contributed by atoms with Crippen molar-refractivity contribution in [2.75, 3.05) is 11.9 Å². The third-order valence-electron chi connectivity index (χ3n) is 2.60. The molecule has 2 aromatic carbocycles. The number of aryl methyl sites for hydroxylation is 1. The normalized spacial score (nSPS) is 10.2. The van der Waals surface area contributed by atoms with E-state index in [1.54, 1.807) is 0 Å². The molecule has 0 aliphatic rings. The van der Waals surface area contributed by atoms with Gasteiger partial charge in [-0.1, -0.05) is 37.9 Å². The van der Waals surface area contributed by atoms with E-state index < -0.39 is 0 Å². The van der Waals surface area contributed by atoms with Crippen molar-refractivity contribution in [3.8, 4) is 5.75 Å². The number of rotatable bonds is 4. The second-order valence-electron chi connectivity index (χ2n) is 4.26. The Kier molecular flexibility index (Phi) is 5.20.